The number of fused-ring (bicyclic) bond motifs is 6. The van der Waals surface area contributed by atoms with Crippen molar-refractivity contribution in [1.82, 2.24) is 39.4 Å². The van der Waals surface area contributed by atoms with E-state index >= 15 is 0 Å². The smallest absolute Gasteiger partial charge is 0.318 e. The third-order valence-corrected chi connectivity index (χ3v) is 12.2. The molecule has 70 heavy (non-hydrogen) atoms. The monoisotopic (exact) mass is 936 g/mol. The number of halogens is 2. The lowest BCUT2D eigenvalue weighted by Crippen LogP contribution is -2.24. The summed E-state index contributed by atoms with van der Waals surface area (Å²) in [5.41, 5.74) is 15.9. The minimum atomic E-state index is -0.277. The van der Waals surface area contributed by atoms with Crippen molar-refractivity contribution < 1.29 is 18.4 Å². The summed E-state index contributed by atoms with van der Waals surface area (Å²) in [5.74, 6) is 0.657. The van der Waals surface area contributed by atoms with Gasteiger partial charge in [-0.1, -0.05) is 54.6 Å². The van der Waals surface area contributed by atoms with Gasteiger partial charge in [-0.3, -0.25) is 8.80 Å². The Bertz CT molecular complexity index is 3590. The van der Waals surface area contributed by atoms with Crippen LogP contribution >= 0.6 is 0 Å². The highest BCUT2D eigenvalue weighted by atomic mass is 19.1. The molecule has 0 radical (unpaired) electrons. The van der Waals surface area contributed by atoms with Crippen LogP contribution in [-0.4, -0.2) is 54.9 Å². The second kappa shape index (κ2) is 19.7. The molecule has 4 amide bonds. The summed E-state index contributed by atoms with van der Waals surface area (Å²) < 4.78 is 32.0. The van der Waals surface area contributed by atoms with Gasteiger partial charge in [0, 0.05) is 55.2 Å². The van der Waals surface area contributed by atoms with E-state index in [0.29, 0.717) is 46.4 Å². The zero-order valence-corrected chi connectivity index (χ0v) is 39.4. The summed E-state index contributed by atoms with van der Waals surface area (Å²) in [6.07, 6.45) is 3.63. The number of imidazole rings is 2. The molecule has 4 aromatic heterocycles. The predicted octanol–water partition coefficient (Wildman–Crippen LogP) is 11.3. The highest BCUT2D eigenvalue weighted by Crippen LogP contribution is 2.33. The second-order valence-electron chi connectivity index (χ2n) is 16.9. The fraction of sp³-hybridized carbons (Fsp3) is 0.148. The molecule has 0 aliphatic carbocycles. The van der Waals surface area contributed by atoms with Gasteiger partial charge < -0.3 is 31.9 Å². The van der Waals surface area contributed by atoms with E-state index in [0.717, 1.165) is 72.4 Å². The number of aromatic nitrogens is 6. The maximum absolute atomic E-state index is 14.2. The minimum absolute atomic E-state index is 0.266. The van der Waals surface area contributed by atoms with Crippen LogP contribution in [0.4, 0.5) is 41.4 Å². The molecule has 0 spiro atoms. The first-order chi connectivity index (χ1) is 33.9. The SMILES string of the molecule is CNC(=O)Nc1ccc(-c2cnc3c(NCc4cccc(F)c4)nc4cc(C)c(C)cc4n23)cc1.CNC(=O)Nc1ccc(-c2cnc3c(NCc4ccccc4F)nc4cc(C)c(C)cc4n23)cc1. The topological polar surface area (TPSA) is 167 Å². The van der Waals surface area contributed by atoms with Crippen LogP contribution in [0.3, 0.4) is 0 Å². The van der Waals surface area contributed by atoms with Gasteiger partial charge in [-0.15, -0.1) is 0 Å². The number of nitrogens with one attached hydrogen (secondary N) is 6. The lowest BCUT2D eigenvalue weighted by Gasteiger charge is -2.14. The summed E-state index contributed by atoms with van der Waals surface area (Å²) in [7, 11) is 3.15. The average molecular weight is 937 g/mol. The number of urea groups is 2. The molecule has 16 heteroatoms. The third-order valence-electron chi connectivity index (χ3n) is 12.2. The summed E-state index contributed by atoms with van der Waals surface area (Å²) in [6, 6.07) is 36.1. The molecule has 0 saturated carbocycles. The standard InChI is InChI=1S/2C27H25FN6O/c1-16-11-22-23(12-17(16)2)34-24(19-7-9-21(10-8-19)32-27(35)29-3)15-31-26(34)25(33-22)30-14-18-5-4-6-20(28)13-18;1-16-12-22-23(13-17(16)2)34-24(18-8-10-20(11-9-18)32-27(35)29-3)15-31-26(34)25(33-22)30-14-19-6-4-5-7-21(19)28/h2*4-13,15H,14H2,1-3H3,(H,30,33)(H2,29,32,35). The van der Waals surface area contributed by atoms with Gasteiger partial charge in [-0.25, -0.2) is 38.3 Å². The Labute approximate surface area is 402 Å². The normalized spacial score (nSPS) is 11.1. The lowest BCUT2D eigenvalue weighted by atomic mass is 10.1. The molecule has 10 rings (SSSR count). The highest BCUT2D eigenvalue weighted by molar-refractivity contribution is 5.92. The molecule has 6 N–H and O–H groups in total. The van der Waals surface area contributed by atoms with Crippen LogP contribution in [0.5, 0.6) is 0 Å². The van der Waals surface area contributed by atoms with Gasteiger partial charge in [0.1, 0.15) is 11.6 Å². The van der Waals surface area contributed by atoms with E-state index in [9.17, 15) is 18.4 Å². The fourth-order valence-corrected chi connectivity index (χ4v) is 8.11. The first-order valence-corrected chi connectivity index (χ1v) is 22.6. The Morgan fingerprint density at radius 3 is 1.49 bits per heavy atom. The van der Waals surface area contributed by atoms with Gasteiger partial charge in [-0.2, -0.15) is 0 Å². The number of anilines is 4. The summed E-state index contributed by atoms with van der Waals surface area (Å²) in [6.45, 7) is 8.97. The lowest BCUT2D eigenvalue weighted by molar-refractivity contribution is 0.253. The van der Waals surface area contributed by atoms with Crippen LogP contribution in [0.25, 0.3) is 55.9 Å². The van der Waals surface area contributed by atoms with Crippen molar-refractivity contribution in [2.45, 2.75) is 40.8 Å². The van der Waals surface area contributed by atoms with Crippen LogP contribution in [0, 0.1) is 39.3 Å². The van der Waals surface area contributed by atoms with Crippen molar-refractivity contribution in [2.75, 3.05) is 35.4 Å². The molecule has 0 fully saturated rings. The van der Waals surface area contributed by atoms with E-state index in [4.69, 9.17) is 15.0 Å². The van der Waals surface area contributed by atoms with E-state index in [-0.39, 0.29) is 30.2 Å². The number of aryl methyl sites for hydroxylation is 4. The minimum Gasteiger partial charge on any atom is -0.363 e. The summed E-state index contributed by atoms with van der Waals surface area (Å²) >= 11 is 0. The zero-order valence-electron chi connectivity index (χ0n) is 39.4. The van der Waals surface area contributed by atoms with Gasteiger partial charge >= 0.3 is 12.1 Å². The van der Waals surface area contributed by atoms with E-state index in [1.807, 2.05) is 66.9 Å². The Kier molecular flexibility index (Phi) is 13.0. The van der Waals surface area contributed by atoms with Crippen LogP contribution in [0.15, 0.2) is 134 Å². The van der Waals surface area contributed by atoms with Gasteiger partial charge in [0.2, 0.25) is 0 Å². The van der Waals surface area contributed by atoms with E-state index in [1.165, 1.54) is 18.2 Å². The molecule has 0 atom stereocenters. The van der Waals surface area contributed by atoms with Crippen LogP contribution in [0.1, 0.15) is 33.4 Å². The first kappa shape index (κ1) is 46.2. The Morgan fingerprint density at radius 1 is 0.543 bits per heavy atom. The van der Waals surface area contributed by atoms with Gasteiger partial charge in [0.15, 0.2) is 22.9 Å². The molecule has 0 aliphatic rings. The fourth-order valence-electron chi connectivity index (χ4n) is 8.11. The van der Waals surface area contributed by atoms with Crippen LogP contribution < -0.4 is 31.9 Å². The average Bonchev–Trinajstić information content (AvgIpc) is 4.02. The Balaban J connectivity index is 0.000000174. The van der Waals surface area contributed by atoms with Crippen molar-refractivity contribution in [3.05, 3.63) is 179 Å². The maximum atomic E-state index is 14.2. The first-order valence-electron chi connectivity index (χ1n) is 22.6. The molecule has 10 aromatic rings. The largest absolute Gasteiger partial charge is 0.363 e. The number of rotatable bonds is 10. The van der Waals surface area contributed by atoms with Gasteiger partial charge in [-0.05, 0) is 122 Å². The van der Waals surface area contributed by atoms with Crippen LogP contribution in [0.2, 0.25) is 0 Å². The number of hydrogen-bond donors (Lipinski definition) is 6. The molecule has 4 heterocycles. The molecule has 0 saturated heterocycles. The maximum Gasteiger partial charge on any atom is 0.318 e. The number of carbonyl (C=O) groups is 2. The van der Waals surface area contributed by atoms with Gasteiger partial charge in [0.05, 0.1) is 45.8 Å². The van der Waals surface area contributed by atoms with Gasteiger partial charge in [0.25, 0.3) is 0 Å². The number of hydrogen-bond acceptors (Lipinski definition) is 8. The van der Waals surface area contributed by atoms with Crippen molar-refractivity contribution in [3.8, 4) is 22.5 Å². The second-order valence-corrected chi connectivity index (χ2v) is 16.9. The quantitative estimate of drug-likeness (QED) is 0.0788. The predicted molar refractivity (Wildman–Crippen MR) is 274 cm³/mol. The van der Waals surface area contributed by atoms with E-state index in [1.54, 1.807) is 38.5 Å². The molecule has 14 nitrogen and oxygen atoms in total. The number of benzene rings is 6. The Hall–Kier alpha value is -8.92. The number of carbonyl (C=O) groups excluding carboxylic acids is 2. The molecule has 6 aromatic carbocycles. The highest BCUT2D eigenvalue weighted by Gasteiger charge is 2.19. The zero-order chi connectivity index (χ0) is 49.1. The van der Waals surface area contributed by atoms with Crippen molar-refractivity contribution in [3.63, 3.8) is 0 Å². The van der Waals surface area contributed by atoms with Crippen LogP contribution in [-0.2, 0) is 13.1 Å². The Morgan fingerprint density at radius 2 is 1.01 bits per heavy atom. The molecular formula is C54H50F2N12O2. The molecule has 0 aliphatic heterocycles. The van der Waals surface area contributed by atoms with E-state index in [2.05, 4.69) is 97.6 Å². The van der Waals surface area contributed by atoms with Crippen molar-refractivity contribution in [2.24, 2.45) is 0 Å². The number of amides is 4. The number of nitrogens with zero attached hydrogens (tertiary/aromatic N) is 6. The molecule has 0 bridgehead atoms. The third kappa shape index (κ3) is 9.60. The summed E-state index contributed by atoms with van der Waals surface area (Å²) in [5, 5.41) is 17.3. The van der Waals surface area contributed by atoms with E-state index < -0.39 is 0 Å². The van der Waals surface area contributed by atoms with Crippen molar-refractivity contribution in [1.29, 1.82) is 0 Å². The van der Waals surface area contributed by atoms with Crippen molar-refractivity contribution >= 4 is 68.4 Å². The molecule has 352 valence electrons. The summed E-state index contributed by atoms with van der Waals surface area (Å²) in [4.78, 5) is 42.3. The molecule has 0 unspecified atom stereocenters. The molecular weight excluding hydrogens is 887 g/mol.